The maximum atomic E-state index is 12.6. The van der Waals surface area contributed by atoms with E-state index in [2.05, 4.69) is 25.7 Å². The van der Waals surface area contributed by atoms with Gasteiger partial charge in [0.15, 0.2) is 0 Å². The quantitative estimate of drug-likeness (QED) is 0.897. The number of amides is 1. The molecule has 7 nitrogen and oxygen atoms in total. The highest BCUT2D eigenvalue weighted by molar-refractivity contribution is 6.06. The molecule has 0 aliphatic carbocycles. The Balaban J connectivity index is 1.43. The minimum Gasteiger partial charge on any atom is -0.424 e. The highest BCUT2D eigenvalue weighted by atomic mass is 16.4. The van der Waals surface area contributed by atoms with E-state index in [0.717, 1.165) is 43.7 Å². The van der Waals surface area contributed by atoms with E-state index in [1.165, 1.54) is 0 Å². The molecule has 0 bridgehead atoms. The molecular weight excluding hydrogens is 306 g/mol. The van der Waals surface area contributed by atoms with E-state index in [-0.39, 0.29) is 5.91 Å². The number of para-hydroxylation sites is 2. The number of nitrogens with zero attached hydrogens (tertiary/aromatic N) is 3. The molecule has 1 amide bonds. The van der Waals surface area contributed by atoms with E-state index < -0.39 is 5.54 Å². The van der Waals surface area contributed by atoms with Gasteiger partial charge in [-0.15, -0.1) is 10.2 Å². The molecule has 1 saturated heterocycles. The Hall–Kier alpha value is -2.41. The van der Waals surface area contributed by atoms with Crippen LogP contribution in [0.3, 0.4) is 0 Å². The lowest BCUT2D eigenvalue weighted by atomic mass is 9.84. The Labute approximate surface area is 140 Å². The molecule has 1 aromatic carbocycles. The van der Waals surface area contributed by atoms with Gasteiger partial charge in [-0.25, -0.2) is 0 Å². The molecule has 7 heteroatoms. The van der Waals surface area contributed by atoms with Crippen LogP contribution < -0.4 is 10.6 Å². The van der Waals surface area contributed by atoms with E-state index in [1.54, 1.807) is 0 Å². The Bertz CT molecular complexity index is 749. The van der Waals surface area contributed by atoms with Crippen molar-refractivity contribution >= 4 is 17.3 Å². The van der Waals surface area contributed by atoms with Crippen molar-refractivity contribution < 1.29 is 9.21 Å². The number of hydrogen-bond acceptors (Lipinski definition) is 6. The van der Waals surface area contributed by atoms with Crippen molar-refractivity contribution in [3.63, 3.8) is 0 Å². The molecule has 2 aliphatic rings. The summed E-state index contributed by atoms with van der Waals surface area (Å²) < 4.78 is 5.58. The molecule has 3 heterocycles. The van der Waals surface area contributed by atoms with Crippen LogP contribution in [0.5, 0.6) is 0 Å². The zero-order valence-electron chi connectivity index (χ0n) is 13.7. The SMILES string of the molecule is CCc1nnc(CN2CCC3(CC2)Nc2ccccc2NC3=O)o1. The lowest BCUT2D eigenvalue weighted by molar-refractivity contribution is -0.122. The van der Waals surface area contributed by atoms with Gasteiger partial charge in [-0.3, -0.25) is 9.69 Å². The molecule has 126 valence electrons. The molecular formula is C17H21N5O2. The number of rotatable bonds is 3. The summed E-state index contributed by atoms with van der Waals surface area (Å²) in [5, 5.41) is 14.6. The number of fused-ring (bicyclic) bond motifs is 1. The molecule has 24 heavy (non-hydrogen) atoms. The average molecular weight is 327 g/mol. The molecule has 0 radical (unpaired) electrons. The third-order valence-corrected chi connectivity index (χ3v) is 4.86. The number of carbonyl (C=O) groups excluding carboxylic acids is 1. The fourth-order valence-electron chi connectivity index (χ4n) is 3.39. The van der Waals surface area contributed by atoms with Gasteiger partial charge in [0.2, 0.25) is 17.7 Å². The second-order valence-electron chi connectivity index (χ2n) is 6.43. The van der Waals surface area contributed by atoms with Crippen molar-refractivity contribution in [2.75, 3.05) is 23.7 Å². The third-order valence-electron chi connectivity index (χ3n) is 4.86. The summed E-state index contributed by atoms with van der Waals surface area (Å²) in [6.45, 7) is 4.26. The number of hydrogen-bond donors (Lipinski definition) is 2. The molecule has 0 unspecified atom stereocenters. The minimum absolute atomic E-state index is 0.0620. The number of carbonyl (C=O) groups is 1. The van der Waals surface area contributed by atoms with E-state index in [4.69, 9.17) is 4.42 Å². The second kappa shape index (κ2) is 5.90. The second-order valence-corrected chi connectivity index (χ2v) is 6.43. The van der Waals surface area contributed by atoms with Crippen molar-refractivity contribution in [1.82, 2.24) is 15.1 Å². The van der Waals surface area contributed by atoms with Crippen LogP contribution in [0.4, 0.5) is 11.4 Å². The molecule has 0 atom stereocenters. The van der Waals surface area contributed by atoms with Crippen molar-refractivity contribution in [3.05, 3.63) is 36.0 Å². The number of anilines is 2. The van der Waals surface area contributed by atoms with Crippen LogP contribution >= 0.6 is 0 Å². The fourth-order valence-corrected chi connectivity index (χ4v) is 3.39. The molecule has 2 aliphatic heterocycles. The summed E-state index contributed by atoms with van der Waals surface area (Å²) in [6, 6.07) is 7.83. The summed E-state index contributed by atoms with van der Waals surface area (Å²) in [4.78, 5) is 14.9. The van der Waals surface area contributed by atoms with Gasteiger partial charge in [0.25, 0.3) is 0 Å². The van der Waals surface area contributed by atoms with Gasteiger partial charge in [-0.1, -0.05) is 19.1 Å². The van der Waals surface area contributed by atoms with Gasteiger partial charge in [-0.05, 0) is 25.0 Å². The summed E-state index contributed by atoms with van der Waals surface area (Å²) in [5.74, 6) is 1.38. The molecule has 4 rings (SSSR count). The number of aryl methyl sites for hydroxylation is 1. The van der Waals surface area contributed by atoms with Gasteiger partial charge in [0.05, 0.1) is 17.9 Å². The van der Waals surface area contributed by atoms with Crippen LogP contribution in [0.25, 0.3) is 0 Å². The van der Waals surface area contributed by atoms with E-state index in [1.807, 2.05) is 31.2 Å². The smallest absolute Gasteiger partial charge is 0.250 e. The van der Waals surface area contributed by atoms with Crippen LogP contribution in [0.2, 0.25) is 0 Å². The van der Waals surface area contributed by atoms with Crippen LogP contribution in [0.1, 0.15) is 31.5 Å². The number of piperidine rings is 1. The number of likely N-dealkylation sites (tertiary alicyclic amines) is 1. The maximum absolute atomic E-state index is 12.6. The van der Waals surface area contributed by atoms with Gasteiger partial charge in [-0.2, -0.15) is 0 Å². The number of aromatic nitrogens is 2. The van der Waals surface area contributed by atoms with Crippen LogP contribution in [-0.2, 0) is 17.8 Å². The summed E-state index contributed by atoms with van der Waals surface area (Å²) in [5.41, 5.74) is 1.33. The van der Waals surface area contributed by atoms with E-state index in [9.17, 15) is 4.79 Å². The Morgan fingerprint density at radius 2 is 1.88 bits per heavy atom. The third kappa shape index (κ3) is 2.65. The standard InChI is InChI=1S/C17H21N5O2/c1-2-14-20-21-15(24-14)11-22-9-7-17(8-10-22)16(23)18-12-5-3-4-6-13(12)19-17/h3-6,19H,2,7-11H2,1H3,(H,18,23). The first-order chi connectivity index (χ1) is 11.7. The summed E-state index contributed by atoms with van der Waals surface area (Å²) in [6.07, 6.45) is 2.25. The summed E-state index contributed by atoms with van der Waals surface area (Å²) >= 11 is 0. The Morgan fingerprint density at radius 1 is 1.17 bits per heavy atom. The minimum atomic E-state index is -0.520. The van der Waals surface area contributed by atoms with Crippen molar-refractivity contribution in [2.24, 2.45) is 0 Å². The zero-order valence-corrected chi connectivity index (χ0v) is 13.7. The van der Waals surface area contributed by atoms with Gasteiger partial charge in [0.1, 0.15) is 5.54 Å². The van der Waals surface area contributed by atoms with Crippen LogP contribution in [0.15, 0.2) is 28.7 Å². The number of benzene rings is 1. The van der Waals surface area contributed by atoms with Crippen molar-refractivity contribution in [3.8, 4) is 0 Å². The first kappa shape index (κ1) is 15.1. The van der Waals surface area contributed by atoms with Crippen LogP contribution in [0, 0.1) is 0 Å². The fraction of sp³-hybridized carbons (Fsp3) is 0.471. The zero-order chi connectivity index (χ0) is 16.6. The largest absolute Gasteiger partial charge is 0.424 e. The van der Waals surface area contributed by atoms with E-state index in [0.29, 0.717) is 18.3 Å². The molecule has 2 aromatic rings. The molecule has 2 N–H and O–H groups in total. The Kier molecular flexibility index (Phi) is 3.72. The highest BCUT2D eigenvalue weighted by Crippen LogP contribution is 2.36. The molecule has 1 aromatic heterocycles. The van der Waals surface area contributed by atoms with Crippen LogP contribution in [-0.4, -0.2) is 39.6 Å². The lowest BCUT2D eigenvalue weighted by Crippen LogP contribution is -2.58. The molecule has 0 saturated carbocycles. The highest BCUT2D eigenvalue weighted by Gasteiger charge is 2.44. The van der Waals surface area contributed by atoms with Gasteiger partial charge >= 0.3 is 0 Å². The monoisotopic (exact) mass is 327 g/mol. The average Bonchev–Trinajstić information content (AvgIpc) is 3.06. The lowest BCUT2D eigenvalue weighted by Gasteiger charge is -2.44. The Morgan fingerprint density at radius 3 is 2.58 bits per heavy atom. The molecule has 1 spiro atoms. The van der Waals surface area contributed by atoms with Gasteiger partial charge < -0.3 is 15.1 Å². The van der Waals surface area contributed by atoms with Gasteiger partial charge in [0, 0.05) is 19.5 Å². The van der Waals surface area contributed by atoms with Crippen molar-refractivity contribution in [2.45, 2.75) is 38.3 Å². The molecule has 1 fully saturated rings. The predicted molar refractivity (Wildman–Crippen MR) is 89.6 cm³/mol. The van der Waals surface area contributed by atoms with E-state index >= 15 is 0 Å². The predicted octanol–water partition coefficient (Wildman–Crippen LogP) is 2.03. The topological polar surface area (TPSA) is 83.3 Å². The maximum Gasteiger partial charge on any atom is 0.250 e. The number of nitrogens with one attached hydrogen (secondary N) is 2. The normalized spacial score (nSPS) is 19.6. The summed E-state index contributed by atoms with van der Waals surface area (Å²) in [7, 11) is 0. The first-order valence-corrected chi connectivity index (χ1v) is 8.41. The van der Waals surface area contributed by atoms with Crippen molar-refractivity contribution in [1.29, 1.82) is 0 Å². The first-order valence-electron chi connectivity index (χ1n) is 8.41.